The maximum atomic E-state index is 12.6. The summed E-state index contributed by atoms with van der Waals surface area (Å²) in [5.41, 5.74) is 6.20. The highest BCUT2D eigenvalue weighted by molar-refractivity contribution is 5.85. The molecule has 2 rings (SSSR count). The van der Waals surface area contributed by atoms with Crippen molar-refractivity contribution in [3.8, 4) is 0 Å². The summed E-state index contributed by atoms with van der Waals surface area (Å²) in [6.45, 7) is 11.0. The van der Waals surface area contributed by atoms with E-state index in [9.17, 15) is 4.79 Å². The van der Waals surface area contributed by atoms with Gasteiger partial charge >= 0.3 is 0 Å². The molecule has 2 aliphatic heterocycles. The lowest BCUT2D eigenvalue weighted by molar-refractivity contribution is -0.134. The number of carbonyl (C=O) groups is 1. The Labute approximate surface area is 164 Å². The minimum Gasteiger partial charge on any atom is -0.381 e. The maximum Gasteiger partial charge on any atom is 0.239 e. The number of likely N-dealkylation sites (N-methyl/N-ethyl adjacent to an activating group) is 1. The number of halogens is 2. The average molecular weight is 400 g/mol. The van der Waals surface area contributed by atoms with Crippen LogP contribution in [0, 0.1) is 5.92 Å². The van der Waals surface area contributed by atoms with Gasteiger partial charge in [-0.3, -0.25) is 4.79 Å². The molecule has 2 unspecified atom stereocenters. The molecular formula is C17H35Cl2N3O3. The second kappa shape index (κ2) is 13.1. The van der Waals surface area contributed by atoms with Gasteiger partial charge in [-0.25, -0.2) is 0 Å². The lowest BCUT2D eigenvalue weighted by atomic mass is 9.91. The number of ether oxygens (including phenoxy) is 2. The number of likely N-dealkylation sites (tertiary alicyclic amines) is 1. The standard InChI is InChI=1S/C17H33N3O3.2ClH/c1-3-19(4-2)9-12-23-15-5-8-20(13-15)17(21)16(18)14-6-10-22-11-7-14;;/h14-16H,3-13,18H2,1-2H3;2*1H. The first-order chi connectivity index (χ1) is 11.2. The first kappa shape index (κ1) is 24.9. The van der Waals surface area contributed by atoms with Gasteiger partial charge in [0.1, 0.15) is 0 Å². The van der Waals surface area contributed by atoms with E-state index in [0.717, 1.165) is 65.3 Å². The molecule has 0 bridgehead atoms. The van der Waals surface area contributed by atoms with Crippen molar-refractivity contribution in [1.29, 1.82) is 0 Å². The zero-order valence-corrected chi connectivity index (χ0v) is 17.2. The molecule has 2 atom stereocenters. The minimum atomic E-state index is -0.381. The van der Waals surface area contributed by atoms with Crippen molar-refractivity contribution in [3.63, 3.8) is 0 Å². The fourth-order valence-electron chi connectivity index (χ4n) is 3.44. The number of carbonyl (C=O) groups excluding carboxylic acids is 1. The van der Waals surface area contributed by atoms with Crippen LogP contribution in [0.2, 0.25) is 0 Å². The van der Waals surface area contributed by atoms with E-state index in [2.05, 4.69) is 18.7 Å². The van der Waals surface area contributed by atoms with Crippen LogP contribution in [0.15, 0.2) is 0 Å². The summed E-state index contributed by atoms with van der Waals surface area (Å²) in [6, 6.07) is -0.381. The Morgan fingerprint density at radius 3 is 2.48 bits per heavy atom. The molecule has 2 saturated heterocycles. The van der Waals surface area contributed by atoms with Gasteiger partial charge in [-0.1, -0.05) is 13.8 Å². The van der Waals surface area contributed by atoms with Crippen molar-refractivity contribution in [2.45, 2.75) is 45.3 Å². The SMILES string of the molecule is CCN(CC)CCOC1CCN(C(=O)C(N)C2CCOCC2)C1.Cl.Cl. The van der Waals surface area contributed by atoms with Gasteiger partial charge in [0.05, 0.1) is 18.8 Å². The third kappa shape index (κ3) is 7.57. The summed E-state index contributed by atoms with van der Waals surface area (Å²) in [6.07, 6.45) is 2.87. The molecule has 2 aliphatic rings. The largest absolute Gasteiger partial charge is 0.381 e. The molecule has 0 aliphatic carbocycles. The summed E-state index contributed by atoms with van der Waals surface area (Å²) in [5.74, 6) is 0.352. The molecule has 1 amide bonds. The van der Waals surface area contributed by atoms with Crippen molar-refractivity contribution in [3.05, 3.63) is 0 Å². The van der Waals surface area contributed by atoms with Crippen LogP contribution in [-0.4, -0.2) is 80.4 Å². The number of nitrogens with two attached hydrogens (primary N) is 1. The van der Waals surface area contributed by atoms with Crippen molar-refractivity contribution in [2.24, 2.45) is 11.7 Å². The Kier molecular flexibility index (Phi) is 13.1. The minimum absolute atomic E-state index is 0. The molecule has 150 valence electrons. The van der Waals surface area contributed by atoms with E-state index in [1.807, 2.05) is 4.90 Å². The van der Waals surface area contributed by atoms with Crippen LogP contribution >= 0.6 is 24.8 Å². The van der Waals surface area contributed by atoms with E-state index in [0.29, 0.717) is 6.54 Å². The zero-order valence-electron chi connectivity index (χ0n) is 15.5. The zero-order chi connectivity index (χ0) is 16.7. The predicted octanol–water partition coefficient (Wildman–Crippen LogP) is 1.54. The predicted molar refractivity (Wildman–Crippen MR) is 105 cm³/mol. The van der Waals surface area contributed by atoms with E-state index < -0.39 is 0 Å². The smallest absolute Gasteiger partial charge is 0.239 e. The molecule has 0 aromatic rings. The first-order valence-corrected chi connectivity index (χ1v) is 9.11. The summed E-state index contributed by atoms with van der Waals surface area (Å²) in [4.78, 5) is 16.8. The molecule has 2 fully saturated rings. The maximum absolute atomic E-state index is 12.6. The Morgan fingerprint density at radius 1 is 1.24 bits per heavy atom. The quantitative estimate of drug-likeness (QED) is 0.670. The normalized spacial score (nSPS) is 22.4. The van der Waals surface area contributed by atoms with Crippen molar-refractivity contribution in [1.82, 2.24) is 9.80 Å². The first-order valence-electron chi connectivity index (χ1n) is 9.11. The molecule has 25 heavy (non-hydrogen) atoms. The number of hydrogen-bond acceptors (Lipinski definition) is 5. The van der Waals surface area contributed by atoms with E-state index >= 15 is 0 Å². The van der Waals surface area contributed by atoms with Gasteiger partial charge < -0.3 is 25.0 Å². The van der Waals surface area contributed by atoms with E-state index in [-0.39, 0.29) is 48.8 Å². The van der Waals surface area contributed by atoms with Gasteiger partial charge in [-0.2, -0.15) is 0 Å². The van der Waals surface area contributed by atoms with Gasteiger partial charge in [0, 0.05) is 32.8 Å². The molecule has 0 aromatic heterocycles. The summed E-state index contributed by atoms with van der Waals surface area (Å²) < 4.78 is 11.3. The van der Waals surface area contributed by atoms with Gasteiger partial charge in [0.15, 0.2) is 0 Å². The Balaban J connectivity index is 0.00000288. The highest BCUT2D eigenvalue weighted by Gasteiger charge is 2.33. The topological polar surface area (TPSA) is 68.0 Å². The van der Waals surface area contributed by atoms with Crippen molar-refractivity contribution in [2.75, 3.05) is 52.5 Å². The fourth-order valence-corrected chi connectivity index (χ4v) is 3.44. The summed E-state index contributed by atoms with van der Waals surface area (Å²) >= 11 is 0. The summed E-state index contributed by atoms with van der Waals surface area (Å²) in [7, 11) is 0. The second-order valence-electron chi connectivity index (χ2n) is 6.57. The lowest BCUT2D eigenvalue weighted by Crippen LogP contribution is -2.48. The van der Waals surface area contributed by atoms with Crippen LogP contribution in [0.1, 0.15) is 33.1 Å². The Bertz CT molecular complexity index is 367. The van der Waals surface area contributed by atoms with Gasteiger partial charge in [0.2, 0.25) is 5.91 Å². The van der Waals surface area contributed by atoms with Gasteiger partial charge in [-0.15, -0.1) is 24.8 Å². The van der Waals surface area contributed by atoms with Gasteiger partial charge in [0.25, 0.3) is 0 Å². The molecular weight excluding hydrogens is 365 g/mol. The van der Waals surface area contributed by atoms with Crippen LogP contribution in [-0.2, 0) is 14.3 Å². The molecule has 0 saturated carbocycles. The second-order valence-corrected chi connectivity index (χ2v) is 6.57. The molecule has 2 N–H and O–H groups in total. The number of rotatable bonds is 8. The molecule has 8 heteroatoms. The third-order valence-electron chi connectivity index (χ3n) is 5.17. The van der Waals surface area contributed by atoms with Crippen LogP contribution in [0.4, 0.5) is 0 Å². The highest BCUT2D eigenvalue weighted by Crippen LogP contribution is 2.21. The monoisotopic (exact) mass is 399 g/mol. The Hall–Kier alpha value is -0.110. The van der Waals surface area contributed by atoms with E-state index in [1.165, 1.54) is 0 Å². The average Bonchev–Trinajstić information content (AvgIpc) is 3.07. The van der Waals surface area contributed by atoms with E-state index in [4.69, 9.17) is 15.2 Å². The molecule has 0 aromatic carbocycles. The molecule has 2 heterocycles. The van der Waals surface area contributed by atoms with Crippen molar-refractivity contribution < 1.29 is 14.3 Å². The molecule has 6 nitrogen and oxygen atoms in total. The van der Waals surface area contributed by atoms with Crippen molar-refractivity contribution >= 4 is 30.7 Å². The summed E-state index contributed by atoms with van der Waals surface area (Å²) in [5, 5.41) is 0. The molecule has 0 spiro atoms. The van der Waals surface area contributed by atoms with Crippen LogP contribution < -0.4 is 5.73 Å². The highest BCUT2D eigenvalue weighted by atomic mass is 35.5. The third-order valence-corrected chi connectivity index (χ3v) is 5.17. The van der Waals surface area contributed by atoms with Gasteiger partial charge in [-0.05, 0) is 38.3 Å². The lowest BCUT2D eigenvalue weighted by Gasteiger charge is -2.29. The van der Waals surface area contributed by atoms with Crippen LogP contribution in [0.25, 0.3) is 0 Å². The van der Waals surface area contributed by atoms with E-state index in [1.54, 1.807) is 0 Å². The number of nitrogens with zero attached hydrogens (tertiary/aromatic N) is 2. The number of amides is 1. The van der Waals surface area contributed by atoms with Crippen LogP contribution in [0.5, 0.6) is 0 Å². The molecule has 0 radical (unpaired) electrons. The fraction of sp³-hybridized carbons (Fsp3) is 0.941. The number of hydrogen-bond donors (Lipinski definition) is 1. The van der Waals surface area contributed by atoms with Crippen LogP contribution in [0.3, 0.4) is 0 Å². The Morgan fingerprint density at radius 2 is 1.88 bits per heavy atom.